The fourth-order valence-electron chi connectivity index (χ4n) is 0.944. The van der Waals surface area contributed by atoms with Crippen molar-refractivity contribution >= 4 is 11.4 Å². The number of rotatable bonds is 1. The quantitative estimate of drug-likeness (QED) is 0.669. The fourth-order valence-corrected chi connectivity index (χ4v) is 1.34. The van der Waals surface area contributed by atoms with Gasteiger partial charge in [0.15, 0.2) is 0 Å². The van der Waals surface area contributed by atoms with Gasteiger partial charge in [-0.2, -0.15) is 0 Å². The third-order valence-corrected chi connectivity index (χ3v) is 3.18. The van der Waals surface area contributed by atoms with Crippen LogP contribution in [-0.4, -0.2) is 22.6 Å². The molecule has 1 fully saturated rings. The van der Waals surface area contributed by atoms with Gasteiger partial charge in [-0.1, -0.05) is 0 Å². The molecule has 0 unspecified atom stereocenters. The summed E-state index contributed by atoms with van der Waals surface area (Å²) in [6.07, 6.45) is 0. The van der Waals surface area contributed by atoms with Gasteiger partial charge in [-0.25, -0.2) is 0 Å². The second-order valence-corrected chi connectivity index (χ2v) is 4.74. The van der Waals surface area contributed by atoms with Crippen LogP contribution in [0.4, 0.5) is 0 Å². The van der Waals surface area contributed by atoms with Crippen LogP contribution in [0.5, 0.6) is 0 Å². The molecule has 1 rings (SSSR count). The summed E-state index contributed by atoms with van der Waals surface area (Å²) < 4.78 is 13.3. The van der Waals surface area contributed by atoms with E-state index in [-0.39, 0.29) is 18.3 Å². The van der Waals surface area contributed by atoms with Crippen LogP contribution < -0.4 is 0 Å². The Morgan fingerprint density at radius 2 is 1.45 bits per heavy atom. The predicted molar refractivity (Wildman–Crippen MR) is 42.1 cm³/mol. The first-order valence-corrected chi connectivity index (χ1v) is 5.39. The zero-order valence-corrected chi connectivity index (χ0v) is 10.3. The van der Waals surface area contributed by atoms with Crippen molar-refractivity contribution in [1.29, 1.82) is 0 Å². The van der Waals surface area contributed by atoms with Gasteiger partial charge in [0.25, 0.3) is 0 Å². The van der Waals surface area contributed by atoms with Crippen molar-refractivity contribution in [2.75, 3.05) is 0 Å². The van der Waals surface area contributed by atoms with E-state index in [2.05, 4.69) is 27.7 Å². The average Bonchev–Trinajstić information content (AvgIpc) is 2.03. The Morgan fingerprint density at radius 1 is 1.09 bits per heavy atom. The van der Waals surface area contributed by atoms with Crippen LogP contribution in [0.2, 0.25) is 0 Å². The molecule has 0 aromatic carbocycles. The fraction of sp³-hybridized carbons (Fsp3) is 0.857. The zero-order chi connectivity index (χ0) is 8.70. The van der Waals surface area contributed by atoms with Crippen molar-refractivity contribution in [3.63, 3.8) is 0 Å². The first-order chi connectivity index (χ1) is 4.89. The molecule has 0 amide bonds. The van der Waals surface area contributed by atoms with Crippen molar-refractivity contribution in [2.45, 2.75) is 38.9 Å². The first kappa shape index (κ1) is 9.63. The minimum atomic E-state index is -0.177. The standard InChI is InChI=1S/C7H13BO2.W/c1-6(2)7(3,4)10-8(5)9-6;/h5H,1-4H3;. The van der Waals surface area contributed by atoms with Crippen molar-refractivity contribution < 1.29 is 28.7 Å². The summed E-state index contributed by atoms with van der Waals surface area (Å²) in [7, 11) is -0.102. The van der Waals surface area contributed by atoms with E-state index >= 15 is 0 Å². The van der Waals surface area contributed by atoms with Gasteiger partial charge in [-0.15, -0.1) is 0 Å². The molecule has 4 heteroatoms. The van der Waals surface area contributed by atoms with E-state index in [4.69, 9.17) is 9.31 Å². The molecule has 1 heterocycles. The van der Waals surface area contributed by atoms with Gasteiger partial charge in [0.05, 0.1) is 0 Å². The second-order valence-electron chi connectivity index (χ2n) is 3.76. The van der Waals surface area contributed by atoms with Gasteiger partial charge < -0.3 is 0 Å². The van der Waals surface area contributed by atoms with Crippen molar-refractivity contribution in [3.05, 3.63) is 0 Å². The van der Waals surface area contributed by atoms with Crippen LogP contribution in [0.1, 0.15) is 27.7 Å². The Bertz CT molecular complexity index is 163. The van der Waals surface area contributed by atoms with Crippen molar-refractivity contribution in [1.82, 2.24) is 0 Å². The van der Waals surface area contributed by atoms with E-state index in [1.807, 2.05) is 4.30 Å². The van der Waals surface area contributed by atoms with E-state index in [1.165, 1.54) is 19.4 Å². The molecular weight excluding hydrogens is 311 g/mol. The average molecular weight is 324 g/mol. The van der Waals surface area contributed by atoms with Crippen LogP contribution in [0.15, 0.2) is 0 Å². The van der Waals surface area contributed by atoms with Gasteiger partial charge in [-0.3, -0.25) is 0 Å². The predicted octanol–water partition coefficient (Wildman–Crippen LogP) is 0.967. The summed E-state index contributed by atoms with van der Waals surface area (Å²) >= 11 is 1.39. The topological polar surface area (TPSA) is 18.5 Å². The van der Waals surface area contributed by atoms with Gasteiger partial charge in [0, 0.05) is 0 Å². The van der Waals surface area contributed by atoms with E-state index in [9.17, 15) is 0 Å². The van der Waals surface area contributed by atoms with Crippen LogP contribution in [0, 0.1) is 0 Å². The Morgan fingerprint density at radius 3 is 1.64 bits per heavy atom. The molecule has 11 heavy (non-hydrogen) atoms. The molecule has 2 nitrogen and oxygen atoms in total. The molecule has 1 aliphatic heterocycles. The van der Waals surface area contributed by atoms with E-state index in [0.29, 0.717) is 0 Å². The molecule has 0 aromatic rings. The zero-order valence-electron chi connectivity index (χ0n) is 7.38. The maximum absolute atomic E-state index is 5.66. The summed E-state index contributed by atoms with van der Waals surface area (Å²) in [5, 5.41) is 0. The molecule has 1 saturated heterocycles. The molecule has 0 aliphatic carbocycles. The number of hydrogen-bond acceptors (Lipinski definition) is 2. The van der Waals surface area contributed by atoms with Crippen LogP contribution in [0.25, 0.3) is 0 Å². The molecule has 62 valence electrons. The van der Waals surface area contributed by atoms with Gasteiger partial charge in [-0.05, 0) is 0 Å². The normalized spacial score (nSPS) is 27.1. The summed E-state index contributed by atoms with van der Waals surface area (Å²) in [6, 6.07) is 0. The molecule has 0 radical (unpaired) electrons. The molecule has 0 spiro atoms. The third-order valence-electron chi connectivity index (χ3n) is 2.38. The molecule has 0 N–H and O–H groups in total. The minimum absolute atomic E-state index is 0.102. The summed E-state index contributed by atoms with van der Waals surface area (Å²) in [5.41, 5.74) is -0.354. The maximum atomic E-state index is 5.66. The Balaban J connectivity index is 2.79. The summed E-state index contributed by atoms with van der Waals surface area (Å²) in [4.78, 5) is 0. The second kappa shape index (κ2) is 2.79. The Kier molecular flexibility index (Phi) is 2.44. The van der Waals surface area contributed by atoms with Crippen LogP contribution in [0.3, 0.4) is 0 Å². The molecule has 0 atom stereocenters. The summed E-state index contributed by atoms with van der Waals surface area (Å²) in [5.74, 6) is 0. The molecule has 0 saturated carbocycles. The SMILES string of the molecule is CC1(C)OB([CH]=[W])OC1(C)C. The van der Waals surface area contributed by atoms with Gasteiger partial charge in [0.1, 0.15) is 0 Å². The molecule has 0 aromatic heterocycles. The molecule has 1 aliphatic rings. The van der Waals surface area contributed by atoms with Crippen LogP contribution in [-0.2, 0) is 28.7 Å². The molecule has 0 bridgehead atoms. The third kappa shape index (κ3) is 1.66. The van der Waals surface area contributed by atoms with Gasteiger partial charge >= 0.3 is 79.0 Å². The van der Waals surface area contributed by atoms with E-state index in [1.54, 1.807) is 0 Å². The van der Waals surface area contributed by atoms with Crippen LogP contribution >= 0.6 is 0 Å². The Labute approximate surface area is 79.2 Å². The van der Waals surface area contributed by atoms with Crippen molar-refractivity contribution in [3.8, 4) is 0 Å². The monoisotopic (exact) mass is 324 g/mol. The van der Waals surface area contributed by atoms with Crippen molar-refractivity contribution in [2.24, 2.45) is 0 Å². The molecular formula is C7H13BO2W. The first-order valence-electron chi connectivity index (χ1n) is 3.70. The summed E-state index contributed by atoms with van der Waals surface area (Å²) in [6.45, 7) is 8.25. The number of hydrogen-bond donors (Lipinski definition) is 0. The van der Waals surface area contributed by atoms with Gasteiger partial charge in [0.2, 0.25) is 0 Å². The Hall–Kier alpha value is 0.543. The van der Waals surface area contributed by atoms with E-state index < -0.39 is 0 Å². The van der Waals surface area contributed by atoms with E-state index in [0.717, 1.165) is 0 Å².